The molecular weight excluding hydrogens is 432 g/mol. The van der Waals surface area contributed by atoms with Gasteiger partial charge in [-0.2, -0.15) is 0 Å². The van der Waals surface area contributed by atoms with Gasteiger partial charge in [-0.3, -0.25) is 4.79 Å². The van der Waals surface area contributed by atoms with E-state index in [1.807, 2.05) is 25.1 Å². The van der Waals surface area contributed by atoms with E-state index in [2.05, 4.69) is 26.6 Å². The second kappa shape index (κ2) is 8.14. The number of halogens is 1. The number of carbonyl (C=O) groups excluding carboxylic acids is 1. The van der Waals surface area contributed by atoms with E-state index in [0.29, 0.717) is 20.9 Å². The minimum atomic E-state index is -0.318. The topological polar surface area (TPSA) is 79.8 Å². The molecule has 3 rings (SSSR count). The van der Waals surface area contributed by atoms with Crippen LogP contribution in [0.4, 0.5) is 5.69 Å². The summed E-state index contributed by atoms with van der Waals surface area (Å²) in [5, 5.41) is 16.1. The monoisotopic (exact) mass is 450 g/mol. The van der Waals surface area contributed by atoms with Crippen molar-refractivity contribution in [3.8, 4) is 17.2 Å². The lowest BCUT2D eigenvalue weighted by atomic mass is 10.2. The number of anilines is 1. The molecule has 0 bridgehead atoms. The molecule has 2 aromatic rings. The van der Waals surface area contributed by atoms with Crippen LogP contribution < -0.4 is 20.1 Å². The van der Waals surface area contributed by atoms with Gasteiger partial charge in [0.2, 0.25) is 0 Å². The number of hydrogen-bond acceptors (Lipinski definition) is 6. The Morgan fingerprint density at radius 2 is 1.96 bits per heavy atom. The van der Waals surface area contributed by atoms with Gasteiger partial charge in [0.15, 0.2) is 17.0 Å². The summed E-state index contributed by atoms with van der Waals surface area (Å²) in [5.74, 6) is 0.889. The van der Waals surface area contributed by atoms with Crippen molar-refractivity contribution in [2.24, 2.45) is 0 Å². The lowest BCUT2D eigenvalue weighted by Crippen LogP contribution is -2.31. The summed E-state index contributed by atoms with van der Waals surface area (Å²) in [6, 6.07) is 9.21. The Hall–Kier alpha value is -2.32. The van der Waals surface area contributed by atoms with Crippen molar-refractivity contribution in [3.05, 3.63) is 50.8 Å². The SMILES string of the molecule is COc1ccc(C)cc1NC1NC(=O)/C(=C/c2cc(Br)c(O)c(OC)c2)S1. The summed E-state index contributed by atoms with van der Waals surface area (Å²) in [5.41, 5.74) is 2.32. The van der Waals surface area contributed by atoms with E-state index in [1.165, 1.54) is 18.9 Å². The van der Waals surface area contributed by atoms with Gasteiger partial charge in [-0.15, -0.1) is 0 Å². The zero-order chi connectivity index (χ0) is 19.6. The zero-order valence-electron chi connectivity index (χ0n) is 15.0. The van der Waals surface area contributed by atoms with E-state index in [0.717, 1.165) is 16.8 Å². The predicted octanol–water partition coefficient (Wildman–Crippen LogP) is 4.08. The van der Waals surface area contributed by atoms with E-state index < -0.39 is 0 Å². The molecule has 1 aliphatic rings. The fraction of sp³-hybridized carbons (Fsp3) is 0.211. The van der Waals surface area contributed by atoms with Gasteiger partial charge in [0, 0.05) is 0 Å². The second-order valence-electron chi connectivity index (χ2n) is 5.88. The molecule has 0 aliphatic carbocycles. The first kappa shape index (κ1) is 19.4. The number of hydrogen-bond donors (Lipinski definition) is 3. The number of carbonyl (C=O) groups is 1. The summed E-state index contributed by atoms with van der Waals surface area (Å²) < 4.78 is 11.0. The molecule has 1 aliphatic heterocycles. The van der Waals surface area contributed by atoms with Crippen molar-refractivity contribution in [1.29, 1.82) is 0 Å². The quantitative estimate of drug-likeness (QED) is 0.595. The third-order valence-corrected chi connectivity index (χ3v) is 5.57. The maximum atomic E-state index is 12.3. The maximum Gasteiger partial charge on any atom is 0.260 e. The fourth-order valence-corrected chi connectivity index (χ4v) is 4.06. The van der Waals surface area contributed by atoms with Crippen LogP contribution in [0.5, 0.6) is 17.2 Å². The molecule has 142 valence electrons. The normalized spacial score (nSPS) is 17.7. The second-order valence-corrected chi connectivity index (χ2v) is 7.88. The first-order valence-electron chi connectivity index (χ1n) is 8.08. The van der Waals surface area contributed by atoms with Gasteiger partial charge in [0.05, 0.1) is 29.3 Å². The lowest BCUT2D eigenvalue weighted by Gasteiger charge is -2.16. The molecule has 6 nitrogen and oxygen atoms in total. The largest absolute Gasteiger partial charge is 0.503 e. The van der Waals surface area contributed by atoms with Gasteiger partial charge in [-0.05, 0) is 64.3 Å². The van der Waals surface area contributed by atoms with Crippen LogP contribution in [0.1, 0.15) is 11.1 Å². The highest BCUT2D eigenvalue weighted by Gasteiger charge is 2.28. The Kier molecular flexibility index (Phi) is 5.86. The van der Waals surface area contributed by atoms with Crippen LogP contribution in [0, 0.1) is 6.92 Å². The summed E-state index contributed by atoms with van der Waals surface area (Å²) in [6.45, 7) is 1.99. The van der Waals surface area contributed by atoms with Crippen molar-refractivity contribution >= 4 is 45.4 Å². The minimum Gasteiger partial charge on any atom is -0.503 e. The predicted molar refractivity (Wildman–Crippen MR) is 111 cm³/mol. The molecule has 1 amide bonds. The highest BCUT2D eigenvalue weighted by atomic mass is 79.9. The van der Waals surface area contributed by atoms with Crippen LogP contribution >= 0.6 is 27.7 Å². The number of rotatable bonds is 5. The van der Waals surface area contributed by atoms with Crippen LogP contribution in [-0.2, 0) is 4.79 Å². The van der Waals surface area contributed by atoms with Gasteiger partial charge in [0.25, 0.3) is 5.91 Å². The van der Waals surface area contributed by atoms with Gasteiger partial charge >= 0.3 is 0 Å². The maximum absolute atomic E-state index is 12.3. The Morgan fingerprint density at radius 1 is 1.22 bits per heavy atom. The van der Waals surface area contributed by atoms with Gasteiger partial charge in [-0.1, -0.05) is 17.8 Å². The number of amides is 1. The van der Waals surface area contributed by atoms with Crippen LogP contribution in [0.25, 0.3) is 6.08 Å². The summed E-state index contributed by atoms with van der Waals surface area (Å²) in [4.78, 5) is 12.9. The van der Waals surface area contributed by atoms with Crippen LogP contribution in [0.15, 0.2) is 39.7 Å². The third kappa shape index (κ3) is 4.33. The Balaban J connectivity index is 1.81. The first-order chi connectivity index (χ1) is 12.9. The molecule has 1 unspecified atom stereocenters. The molecule has 1 atom stereocenters. The molecule has 1 saturated heterocycles. The number of aromatic hydroxyl groups is 1. The number of aryl methyl sites for hydroxylation is 1. The molecular formula is C19H19BrN2O4S. The molecule has 1 fully saturated rings. The van der Waals surface area contributed by atoms with E-state index >= 15 is 0 Å². The van der Waals surface area contributed by atoms with Crippen molar-refractivity contribution in [1.82, 2.24) is 5.32 Å². The highest BCUT2D eigenvalue weighted by Crippen LogP contribution is 2.38. The van der Waals surface area contributed by atoms with E-state index in [-0.39, 0.29) is 17.2 Å². The lowest BCUT2D eigenvalue weighted by molar-refractivity contribution is -0.116. The summed E-state index contributed by atoms with van der Waals surface area (Å²) in [7, 11) is 3.09. The number of phenols is 1. The summed E-state index contributed by atoms with van der Waals surface area (Å²) in [6.07, 6.45) is 1.75. The van der Waals surface area contributed by atoms with E-state index in [4.69, 9.17) is 9.47 Å². The van der Waals surface area contributed by atoms with Crippen molar-refractivity contribution in [2.75, 3.05) is 19.5 Å². The Morgan fingerprint density at radius 3 is 2.67 bits per heavy atom. The van der Waals surface area contributed by atoms with Crippen molar-refractivity contribution in [3.63, 3.8) is 0 Å². The van der Waals surface area contributed by atoms with Crippen LogP contribution in [-0.4, -0.2) is 30.7 Å². The van der Waals surface area contributed by atoms with Gasteiger partial charge in [0.1, 0.15) is 5.75 Å². The zero-order valence-corrected chi connectivity index (χ0v) is 17.4. The molecule has 0 saturated carbocycles. The first-order valence-corrected chi connectivity index (χ1v) is 9.75. The third-order valence-electron chi connectivity index (χ3n) is 3.94. The average Bonchev–Trinajstić information content (AvgIpc) is 2.97. The Labute approximate surface area is 170 Å². The molecule has 2 aromatic carbocycles. The summed E-state index contributed by atoms with van der Waals surface area (Å²) >= 11 is 4.66. The highest BCUT2D eigenvalue weighted by molar-refractivity contribution is 9.10. The minimum absolute atomic E-state index is 0.0225. The molecule has 1 heterocycles. The molecule has 8 heteroatoms. The standard InChI is InChI=1S/C19H19BrN2O4S/c1-10-4-5-14(25-2)13(6-10)21-19-22-18(24)16(27-19)9-11-7-12(20)17(23)15(8-11)26-3/h4-9,19,21,23H,1-3H3,(H,22,24)/b16-9-. The van der Waals surface area contributed by atoms with Crippen LogP contribution in [0.2, 0.25) is 0 Å². The molecule has 0 spiro atoms. The number of thioether (sulfide) groups is 1. The smallest absolute Gasteiger partial charge is 0.260 e. The Bertz CT molecular complexity index is 917. The number of nitrogens with one attached hydrogen (secondary N) is 2. The molecule has 3 N–H and O–H groups in total. The van der Waals surface area contributed by atoms with Gasteiger partial charge in [-0.25, -0.2) is 0 Å². The number of benzene rings is 2. The van der Waals surface area contributed by atoms with Gasteiger partial charge < -0.3 is 25.2 Å². The molecule has 27 heavy (non-hydrogen) atoms. The van der Waals surface area contributed by atoms with Crippen molar-refractivity contribution < 1.29 is 19.4 Å². The number of methoxy groups -OCH3 is 2. The van der Waals surface area contributed by atoms with E-state index in [1.54, 1.807) is 25.3 Å². The number of phenolic OH excluding ortho intramolecular Hbond substituents is 1. The molecule has 0 radical (unpaired) electrons. The van der Waals surface area contributed by atoms with Crippen molar-refractivity contribution in [2.45, 2.75) is 12.4 Å². The molecule has 0 aromatic heterocycles. The average molecular weight is 451 g/mol. The van der Waals surface area contributed by atoms with E-state index in [9.17, 15) is 9.90 Å². The number of ether oxygens (including phenoxy) is 2. The fourth-order valence-electron chi connectivity index (χ4n) is 2.63. The van der Waals surface area contributed by atoms with Crippen LogP contribution in [0.3, 0.4) is 0 Å².